The summed E-state index contributed by atoms with van der Waals surface area (Å²) >= 11 is 0. The van der Waals surface area contributed by atoms with E-state index in [4.69, 9.17) is 10.1 Å². The van der Waals surface area contributed by atoms with Gasteiger partial charge in [0.25, 0.3) is 0 Å². The zero-order valence-electron chi connectivity index (χ0n) is 22.7. The highest BCUT2D eigenvalue weighted by molar-refractivity contribution is 5.64. The quantitative estimate of drug-likeness (QED) is 0.361. The third-order valence-electron chi connectivity index (χ3n) is 8.71. The van der Waals surface area contributed by atoms with Crippen molar-refractivity contribution >= 4 is 5.95 Å². The van der Waals surface area contributed by atoms with Crippen LogP contribution in [0.25, 0.3) is 11.3 Å². The fourth-order valence-corrected chi connectivity index (χ4v) is 6.08. The average Bonchev–Trinajstić information content (AvgIpc) is 2.87. The third-order valence-corrected chi connectivity index (χ3v) is 8.71. The van der Waals surface area contributed by atoms with Gasteiger partial charge in [-0.1, -0.05) is 78.4 Å². The van der Waals surface area contributed by atoms with Gasteiger partial charge in [0.15, 0.2) is 0 Å². The summed E-state index contributed by atoms with van der Waals surface area (Å²) in [5.74, 6) is 1.74. The monoisotopic (exact) mass is 477 g/mol. The van der Waals surface area contributed by atoms with Crippen molar-refractivity contribution in [2.24, 2.45) is 5.92 Å². The molecule has 1 aromatic carbocycles. The summed E-state index contributed by atoms with van der Waals surface area (Å²) in [6.07, 6.45) is 15.7. The van der Waals surface area contributed by atoms with Gasteiger partial charge >= 0.3 is 0 Å². The molecule has 0 saturated carbocycles. The SMILES string of the molecule is CC1(C)CCC(C)(C)c2cc(-c3ccnc(N4CCC(CCCCCCCCO)CC4)n3)ccc21. The minimum atomic E-state index is 0.206. The molecule has 0 unspecified atom stereocenters. The third kappa shape index (κ3) is 6.44. The average molecular weight is 478 g/mol. The highest BCUT2D eigenvalue weighted by Gasteiger charge is 2.37. The number of unbranched alkanes of at least 4 members (excludes halogenated alkanes) is 5. The van der Waals surface area contributed by atoms with Crippen LogP contribution in [0.2, 0.25) is 0 Å². The maximum absolute atomic E-state index is 8.88. The minimum absolute atomic E-state index is 0.206. The molecule has 1 aliphatic carbocycles. The van der Waals surface area contributed by atoms with E-state index >= 15 is 0 Å². The first-order valence-corrected chi connectivity index (χ1v) is 14.1. The first-order chi connectivity index (χ1) is 16.8. The number of fused-ring (bicyclic) bond motifs is 1. The first kappa shape index (κ1) is 26.1. The lowest BCUT2D eigenvalue weighted by atomic mass is 9.63. The van der Waals surface area contributed by atoms with Crippen molar-refractivity contribution in [2.45, 2.75) is 109 Å². The number of aromatic nitrogens is 2. The van der Waals surface area contributed by atoms with E-state index in [2.05, 4.69) is 61.8 Å². The maximum atomic E-state index is 8.88. The zero-order valence-corrected chi connectivity index (χ0v) is 22.7. The predicted molar refractivity (Wildman–Crippen MR) is 147 cm³/mol. The van der Waals surface area contributed by atoms with E-state index in [-0.39, 0.29) is 10.8 Å². The number of hydrogen-bond donors (Lipinski definition) is 1. The molecule has 4 heteroatoms. The second kappa shape index (κ2) is 11.4. The standard InChI is InChI=1S/C31H47N3O/c1-30(2)17-18-31(3,4)27-23-25(12-13-26(27)30)28-14-19-32-29(33-28)34-20-15-24(16-21-34)11-9-7-5-6-8-10-22-35/h12-14,19,23-24,35H,5-11,15-18,20-22H2,1-4H3. The zero-order chi connectivity index (χ0) is 24.9. The summed E-state index contributed by atoms with van der Waals surface area (Å²) in [5, 5.41) is 8.88. The Morgan fingerprint density at radius 1 is 0.857 bits per heavy atom. The van der Waals surface area contributed by atoms with Crippen LogP contribution in [-0.4, -0.2) is 34.8 Å². The highest BCUT2D eigenvalue weighted by Crippen LogP contribution is 2.46. The van der Waals surface area contributed by atoms with Crippen molar-refractivity contribution in [3.05, 3.63) is 41.6 Å². The van der Waals surface area contributed by atoms with Crippen molar-refractivity contribution < 1.29 is 5.11 Å². The Morgan fingerprint density at radius 3 is 2.23 bits per heavy atom. The lowest BCUT2D eigenvalue weighted by Crippen LogP contribution is -2.35. The Bertz CT molecular complexity index is 959. The summed E-state index contributed by atoms with van der Waals surface area (Å²) in [6, 6.07) is 9.09. The minimum Gasteiger partial charge on any atom is -0.396 e. The van der Waals surface area contributed by atoms with Crippen molar-refractivity contribution in [1.29, 1.82) is 0 Å². The van der Waals surface area contributed by atoms with Gasteiger partial charge in [0.05, 0.1) is 5.69 Å². The Balaban J connectivity index is 1.35. The number of benzene rings is 1. The van der Waals surface area contributed by atoms with Crippen LogP contribution in [0.3, 0.4) is 0 Å². The molecule has 4 rings (SSSR count). The van der Waals surface area contributed by atoms with Crippen molar-refractivity contribution in [1.82, 2.24) is 9.97 Å². The van der Waals surface area contributed by atoms with Crippen LogP contribution in [0.1, 0.15) is 109 Å². The van der Waals surface area contributed by atoms with E-state index in [1.165, 1.54) is 80.9 Å². The molecule has 2 aliphatic rings. The number of aliphatic hydroxyl groups excluding tert-OH is 1. The number of rotatable bonds is 10. The van der Waals surface area contributed by atoms with Gasteiger partial charge in [-0.25, -0.2) is 9.97 Å². The smallest absolute Gasteiger partial charge is 0.225 e. The van der Waals surface area contributed by atoms with Crippen LogP contribution < -0.4 is 4.90 Å². The molecule has 1 aromatic heterocycles. The van der Waals surface area contributed by atoms with Crippen molar-refractivity contribution in [2.75, 3.05) is 24.6 Å². The molecule has 192 valence electrons. The van der Waals surface area contributed by atoms with E-state index in [1.54, 1.807) is 0 Å². The topological polar surface area (TPSA) is 49.2 Å². The maximum Gasteiger partial charge on any atom is 0.225 e. The molecule has 1 fully saturated rings. The number of hydrogen-bond acceptors (Lipinski definition) is 4. The highest BCUT2D eigenvalue weighted by atomic mass is 16.2. The van der Waals surface area contributed by atoms with Crippen LogP contribution in [0.4, 0.5) is 5.95 Å². The molecule has 0 radical (unpaired) electrons. The fraction of sp³-hybridized carbons (Fsp3) is 0.677. The number of piperidine rings is 1. The second-order valence-corrected chi connectivity index (χ2v) is 12.3. The number of anilines is 1. The number of aliphatic hydroxyl groups is 1. The lowest BCUT2D eigenvalue weighted by Gasteiger charge is -2.42. The molecule has 0 spiro atoms. The Hall–Kier alpha value is -1.94. The molecular formula is C31H47N3O. The van der Waals surface area contributed by atoms with E-state index in [1.807, 2.05) is 6.20 Å². The molecule has 2 aromatic rings. The summed E-state index contributed by atoms with van der Waals surface area (Å²) in [6.45, 7) is 12.0. The van der Waals surface area contributed by atoms with Gasteiger partial charge in [-0.3, -0.25) is 0 Å². The summed E-state index contributed by atoms with van der Waals surface area (Å²) in [7, 11) is 0. The molecule has 35 heavy (non-hydrogen) atoms. The Morgan fingerprint density at radius 2 is 1.51 bits per heavy atom. The van der Waals surface area contributed by atoms with Crippen LogP contribution in [0.15, 0.2) is 30.5 Å². The Labute approximate surface area is 213 Å². The largest absolute Gasteiger partial charge is 0.396 e. The van der Waals surface area contributed by atoms with Crippen molar-refractivity contribution in [3.8, 4) is 11.3 Å². The van der Waals surface area contributed by atoms with Gasteiger partial charge < -0.3 is 10.0 Å². The van der Waals surface area contributed by atoms with Crippen LogP contribution >= 0.6 is 0 Å². The Kier molecular flexibility index (Phi) is 8.52. The number of nitrogens with zero attached hydrogens (tertiary/aromatic N) is 3. The molecule has 0 amide bonds. The van der Waals surface area contributed by atoms with Gasteiger partial charge in [-0.05, 0) is 72.1 Å². The molecule has 1 N–H and O–H groups in total. The lowest BCUT2D eigenvalue weighted by molar-refractivity contribution is 0.282. The van der Waals surface area contributed by atoms with E-state index in [0.29, 0.717) is 6.61 Å². The molecule has 2 heterocycles. The molecule has 1 saturated heterocycles. The summed E-state index contributed by atoms with van der Waals surface area (Å²) < 4.78 is 0. The molecule has 1 aliphatic heterocycles. The van der Waals surface area contributed by atoms with Crippen LogP contribution in [0, 0.1) is 5.92 Å². The van der Waals surface area contributed by atoms with Gasteiger partial charge in [-0.15, -0.1) is 0 Å². The first-order valence-electron chi connectivity index (χ1n) is 14.1. The summed E-state index contributed by atoms with van der Waals surface area (Å²) in [4.78, 5) is 12.1. The van der Waals surface area contributed by atoms with Crippen LogP contribution in [-0.2, 0) is 10.8 Å². The van der Waals surface area contributed by atoms with Gasteiger partial charge in [0, 0.05) is 31.5 Å². The van der Waals surface area contributed by atoms with Gasteiger partial charge in [0.1, 0.15) is 0 Å². The van der Waals surface area contributed by atoms with Crippen LogP contribution in [0.5, 0.6) is 0 Å². The van der Waals surface area contributed by atoms with E-state index in [9.17, 15) is 0 Å². The molecular weight excluding hydrogens is 430 g/mol. The summed E-state index contributed by atoms with van der Waals surface area (Å²) in [5.41, 5.74) is 5.69. The predicted octanol–water partition coefficient (Wildman–Crippen LogP) is 7.43. The van der Waals surface area contributed by atoms with Gasteiger partial charge in [-0.2, -0.15) is 0 Å². The fourth-order valence-electron chi connectivity index (χ4n) is 6.08. The second-order valence-electron chi connectivity index (χ2n) is 12.3. The normalized spacial score (nSPS) is 19.5. The molecule has 4 nitrogen and oxygen atoms in total. The van der Waals surface area contributed by atoms with E-state index in [0.717, 1.165) is 37.1 Å². The van der Waals surface area contributed by atoms with Gasteiger partial charge in [0.2, 0.25) is 5.95 Å². The molecule has 0 atom stereocenters. The molecule has 0 bridgehead atoms. The van der Waals surface area contributed by atoms with E-state index < -0.39 is 0 Å². The van der Waals surface area contributed by atoms with Crippen molar-refractivity contribution in [3.63, 3.8) is 0 Å².